The monoisotopic (exact) mass is 376 g/mol. The number of aliphatic imine (C=N–C) groups is 1. The number of thiazole rings is 1. The summed E-state index contributed by atoms with van der Waals surface area (Å²) in [6, 6.07) is 2.01. The van der Waals surface area contributed by atoms with Crippen LogP contribution in [0.2, 0.25) is 0 Å². The third kappa shape index (κ3) is 4.82. The van der Waals surface area contributed by atoms with Crippen molar-refractivity contribution in [3.63, 3.8) is 0 Å². The van der Waals surface area contributed by atoms with E-state index < -0.39 is 0 Å². The molecule has 1 aliphatic heterocycles. The Kier molecular flexibility index (Phi) is 6.26. The van der Waals surface area contributed by atoms with Gasteiger partial charge in [-0.3, -0.25) is 4.90 Å². The highest BCUT2D eigenvalue weighted by atomic mass is 32.1. The molecule has 0 radical (unpaired) electrons. The maximum atomic E-state index is 5.16. The van der Waals surface area contributed by atoms with Gasteiger partial charge in [-0.15, -0.1) is 11.3 Å². The molecule has 2 aromatic rings. The molecular weight excluding hydrogens is 348 g/mol. The van der Waals surface area contributed by atoms with Gasteiger partial charge in [0.2, 0.25) is 0 Å². The van der Waals surface area contributed by atoms with Crippen LogP contribution < -0.4 is 5.32 Å². The van der Waals surface area contributed by atoms with Crippen molar-refractivity contribution in [3.8, 4) is 0 Å². The van der Waals surface area contributed by atoms with Gasteiger partial charge in [0.15, 0.2) is 5.96 Å². The number of rotatable bonds is 5. The van der Waals surface area contributed by atoms with Crippen LogP contribution in [0.4, 0.5) is 0 Å². The van der Waals surface area contributed by atoms with Crippen LogP contribution in [0.3, 0.4) is 0 Å². The van der Waals surface area contributed by atoms with Crippen molar-refractivity contribution >= 4 is 17.3 Å². The standard InChI is InChI=1S/C18H28N6OS/c1-5-19-18(20-11-17-21-14(3)15(4)26-17)24-8-6-23(7-9-24)12-16-10-13(2)25-22-16/h10H,5-9,11-12H2,1-4H3,(H,19,20). The molecule has 0 spiro atoms. The molecule has 3 heterocycles. The number of guanidine groups is 1. The molecule has 1 fully saturated rings. The van der Waals surface area contributed by atoms with E-state index in [0.717, 1.165) is 67.4 Å². The molecule has 1 saturated heterocycles. The first-order chi connectivity index (χ1) is 12.5. The van der Waals surface area contributed by atoms with Crippen molar-refractivity contribution in [1.29, 1.82) is 0 Å². The normalized spacial score (nSPS) is 16.3. The fraction of sp³-hybridized carbons (Fsp3) is 0.611. The highest BCUT2D eigenvalue weighted by Crippen LogP contribution is 2.17. The van der Waals surface area contributed by atoms with Crippen molar-refractivity contribution in [1.82, 2.24) is 25.3 Å². The quantitative estimate of drug-likeness (QED) is 0.638. The summed E-state index contributed by atoms with van der Waals surface area (Å²) < 4.78 is 5.16. The predicted molar refractivity (Wildman–Crippen MR) is 104 cm³/mol. The first-order valence-electron chi connectivity index (χ1n) is 9.16. The van der Waals surface area contributed by atoms with E-state index in [0.29, 0.717) is 6.54 Å². The molecule has 0 unspecified atom stereocenters. The average molecular weight is 377 g/mol. The van der Waals surface area contributed by atoms with E-state index in [9.17, 15) is 0 Å². The Bertz CT molecular complexity index is 725. The molecule has 2 aromatic heterocycles. The largest absolute Gasteiger partial charge is 0.361 e. The van der Waals surface area contributed by atoms with Crippen LogP contribution in [0, 0.1) is 20.8 Å². The Balaban J connectivity index is 1.56. The lowest BCUT2D eigenvalue weighted by Gasteiger charge is -2.36. The fourth-order valence-corrected chi connectivity index (χ4v) is 3.87. The van der Waals surface area contributed by atoms with Gasteiger partial charge in [-0.25, -0.2) is 9.98 Å². The fourth-order valence-electron chi connectivity index (χ4n) is 3.01. The average Bonchev–Trinajstić information content (AvgIpc) is 3.17. The number of hydrogen-bond donors (Lipinski definition) is 1. The van der Waals surface area contributed by atoms with Crippen molar-refractivity contribution in [2.45, 2.75) is 40.8 Å². The summed E-state index contributed by atoms with van der Waals surface area (Å²) in [5.74, 6) is 1.85. The lowest BCUT2D eigenvalue weighted by atomic mass is 10.3. The number of nitrogens with one attached hydrogen (secondary N) is 1. The van der Waals surface area contributed by atoms with Gasteiger partial charge in [-0.2, -0.15) is 0 Å². The molecule has 1 aliphatic rings. The van der Waals surface area contributed by atoms with Crippen molar-refractivity contribution < 1.29 is 4.52 Å². The lowest BCUT2D eigenvalue weighted by molar-refractivity contribution is 0.169. The highest BCUT2D eigenvalue weighted by Gasteiger charge is 2.20. The molecule has 0 saturated carbocycles. The minimum atomic E-state index is 0.639. The summed E-state index contributed by atoms with van der Waals surface area (Å²) in [6.45, 7) is 14.5. The maximum Gasteiger partial charge on any atom is 0.194 e. The van der Waals surface area contributed by atoms with Crippen LogP contribution >= 0.6 is 11.3 Å². The van der Waals surface area contributed by atoms with Crippen LogP contribution in [0.5, 0.6) is 0 Å². The van der Waals surface area contributed by atoms with Crippen LogP contribution in [-0.4, -0.2) is 58.6 Å². The molecule has 142 valence electrons. The lowest BCUT2D eigenvalue weighted by Crippen LogP contribution is -2.52. The number of piperazine rings is 1. The summed E-state index contributed by atoms with van der Waals surface area (Å²) in [5.41, 5.74) is 2.12. The van der Waals surface area contributed by atoms with Gasteiger partial charge in [0.25, 0.3) is 0 Å². The summed E-state index contributed by atoms with van der Waals surface area (Å²) in [5, 5.41) is 8.59. The third-order valence-electron chi connectivity index (χ3n) is 4.51. The summed E-state index contributed by atoms with van der Waals surface area (Å²) >= 11 is 1.74. The van der Waals surface area contributed by atoms with Gasteiger partial charge in [0.05, 0.1) is 17.9 Å². The van der Waals surface area contributed by atoms with Crippen LogP contribution in [-0.2, 0) is 13.1 Å². The van der Waals surface area contributed by atoms with Crippen LogP contribution in [0.15, 0.2) is 15.6 Å². The van der Waals surface area contributed by atoms with Crippen molar-refractivity contribution in [2.24, 2.45) is 4.99 Å². The van der Waals surface area contributed by atoms with Crippen LogP contribution in [0.25, 0.3) is 0 Å². The third-order valence-corrected chi connectivity index (χ3v) is 5.56. The van der Waals surface area contributed by atoms with E-state index in [2.05, 4.69) is 46.0 Å². The van der Waals surface area contributed by atoms with Gasteiger partial charge in [0, 0.05) is 50.2 Å². The smallest absolute Gasteiger partial charge is 0.194 e. The van der Waals surface area contributed by atoms with E-state index in [1.54, 1.807) is 11.3 Å². The zero-order chi connectivity index (χ0) is 18.5. The second kappa shape index (κ2) is 8.64. The van der Waals surface area contributed by atoms with E-state index in [-0.39, 0.29) is 0 Å². The summed E-state index contributed by atoms with van der Waals surface area (Å²) in [4.78, 5) is 15.4. The Morgan fingerprint density at radius 1 is 1.27 bits per heavy atom. The molecule has 0 aliphatic carbocycles. The zero-order valence-corrected chi connectivity index (χ0v) is 16.9. The molecule has 0 atom stereocenters. The minimum absolute atomic E-state index is 0.639. The Morgan fingerprint density at radius 3 is 2.62 bits per heavy atom. The Labute approximate surface area is 159 Å². The zero-order valence-electron chi connectivity index (χ0n) is 16.1. The molecule has 7 nitrogen and oxygen atoms in total. The first kappa shape index (κ1) is 18.8. The minimum Gasteiger partial charge on any atom is -0.361 e. The number of aryl methyl sites for hydroxylation is 3. The molecule has 0 aromatic carbocycles. The molecule has 3 rings (SSSR count). The van der Waals surface area contributed by atoms with Gasteiger partial charge in [-0.05, 0) is 27.7 Å². The Hall–Kier alpha value is -1.93. The van der Waals surface area contributed by atoms with Gasteiger partial charge >= 0.3 is 0 Å². The molecule has 26 heavy (non-hydrogen) atoms. The van der Waals surface area contributed by atoms with Crippen molar-refractivity contribution in [2.75, 3.05) is 32.7 Å². The van der Waals surface area contributed by atoms with E-state index in [1.165, 1.54) is 4.88 Å². The van der Waals surface area contributed by atoms with Gasteiger partial charge < -0.3 is 14.7 Å². The Morgan fingerprint density at radius 2 is 2.04 bits per heavy atom. The van der Waals surface area contributed by atoms with Crippen molar-refractivity contribution in [3.05, 3.63) is 33.1 Å². The number of hydrogen-bond acceptors (Lipinski definition) is 6. The molecule has 8 heteroatoms. The van der Waals surface area contributed by atoms with E-state index in [4.69, 9.17) is 9.52 Å². The van der Waals surface area contributed by atoms with E-state index >= 15 is 0 Å². The first-order valence-corrected chi connectivity index (χ1v) is 9.97. The summed E-state index contributed by atoms with van der Waals surface area (Å²) in [7, 11) is 0. The second-order valence-corrected chi connectivity index (χ2v) is 7.90. The molecule has 0 amide bonds. The van der Waals surface area contributed by atoms with Gasteiger partial charge in [0.1, 0.15) is 10.8 Å². The molecule has 1 N–H and O–H groups in total. The second-order valence-electron chi connectivity index (χ2n) is 6.61. The van der Waals surface area contributed by atoms with Crippen LogP contribution in [0.1, 0.15) is 34.0 Å². The molecular formula is C18H28N6OS. The summed E-state index contributed by atoms with van der Waals surface area (Å²) in [6.07, 6.45) is 0. The van der Waals surface area contributed by atoms with Gasteiger partial charge in [-0.1, -0.05) is 5.16 Å². The molecule has 0 bridgehead atoms. The predicted octanol–water partition coefficient (Wildman–Crippen LogP) is 2.34. The SMILES string of the molecule is CCNC(=NCc1nc(C)c(C)s1)N1CCN(Cc2cc(C)on2)CC1. The number of nitrogens with zero attached hydrogens (tertiary/aromatic N) is 5. The van der Waals surface area contributed by atoms with E-state index in [1.807, 2.05) is 13.0 Å². The topological polar surface area (TPSA) is 69.8 Å². The number of aromatic nitrogens is 2. The maximum absolute atomic E-state index is 5.16. The highest BCUT2D eigenvalue weighted by molar-refractivity contribution is 7.11.